The Labute approximate surface area is 112 Å². The van der Waals surface area contributed by atoms with Gasteiger partial charge in [0.25, 0.3) is 0 Å². The molecule has 1 aromatic rings. The van der Waals surface area contributed by atoms with Crippen LogP contribution in [0.5, 0.6) is 0 Å². The van der Waals surface area contributed by atoms with Crippen molar-refractivity contribution in [3.05, 3.63) is 35.9 Å². The first-order valence-corrected chi connectivity index (χ1v) is 5.83. The van der Waals surface area contributed by atoms with Gasteiger partial charge >= 0.3 is 5.97 Å². The van der Waals surface area contributed by atoms with Gasteiger partial charge in [0.05, 0.1) is 13.1 Å². The smallest absolute Gasteiger partial charge is 0.326 e. The molecule has 5 nitrogen and oxygen atoms in total. The number of carbonyl (C=O) groups is 2. The number of carboxylic acids is 1. The zero-order chi connectivity index (χ0) is 14.1. The summed E-state index contributed by atoms with van der Waals surface area (Å²) in [5.74, 6) is 0.880. The maximum absolute atomic E-state index is 11.5. The Morgan fingerprint density at radius 1 is 1.32 bits per heavy atom. The van der Waals surface area contributed by atoms with Gasteiger partial charge in [-0.05, 0) is 5.56 Å². The molecule has 1 atom stereocenters. The zero-order valence-electron chi connectivity index (χ0n) is 10.4. The van der Waals surface area contributed by atoms with Crippen LogP contribution in [0, 0.1) is 12.3 Å². The highest BCUT2D eigenvalue weighted by molar-refractivity contribution is 5.84. The maximum atomic E-state index is 11.5. The number of hydrogen-bond acceptors (Lipinski definition) is 3. The van der Waals surface area contributed by atoms with Crippen molar-refractivity contribution >= 4 is 11.9 Å². The van der Waals surface area contributed by atoms with E-state index >= 15 is 0 Å². The van der Waals surface area contributed by atoms with Gasteiger partial charge in [-0.1, -0.05) is 36.3 Å². The van der Waals surface area contributed by atoms with Gasteiger partial charge in [-0.15, -0.1) is 6.42 Å². The van der Waals surface area contributed by atoms with E-state index < -0.39 is 17.9 Å². The van der Waals surface area contributed by atoms with Crippen LogP contribution >= 0.6 is 0 Å². The van der Waals surface area contributed by atoms with Crippen molar-refractivity contribution in [2.45, 2.75) is 12.5 Å². The number of terminal acetylenes is 1. The largest absolute Gasteiger partial charge is 0.480 e. The minimum Gasteiger partial charge on any atom is -0.480 e. The van der Waals surface area contributed by atoms with Crippen molar-refractivity contribution in [2.24, 2.45) is 0 Å². The zero-order valence-corrected chi connectivity index (χ0v) is 10.4. The molecule has 0 radical (unpaired) electrons. The molecular formula is C14H16N2O3. The van der Waals surface area contributed by atoms with Crippen molar-refractivity contribution in [1.82, 2.24) is 10.6 Å². The number of nitrogens with one attached hydrogen (secondary N) is 2. The Bertz CT molecular complexity index is 465. The van der Waals surface area contributed by atoms with Gasteiger partial charge in [0.15, 0.2) is 0 Å². The third-order valence-corrected chi connectivity index (χ3v) is 2.43. The molecule has 0 aliphatic rings. The summed E-state index contributed by atoms with van der Waals surface area (Å²) in [6, 6.07) is 8.19. The number of carboxylic acid groups (broad SMARTS) is 1. The minimum absolute atomic E-state index is 0.00275. The number of amides is 1. The summed E-state index contributed by atoms with van der Waals surface area (Å²) in [5.41, 5.74) is 0.854. The summed E-state index contributed by atoms with van der Waals surface area (Å²) in [6.07, 6.45) is 5.28. The van der Waals surface area contributed by atoms with E-state index in [1.807, 2.05) is 30.3 Å². The number of carbonyl (C=O) groups excluding carboxylic acids is 1. The van der Waals surface area contributed by atoms with Crippen LogP contribution in [0.25, 0.3) is 0 Å². The second-order valence-corrected chi connectivity index (χ2v) is 3.96. The van der Waals surface area contributed by atoms with Crippen LogP contribution in [0.1, 0.15) is 5.56 Å². The fraction of sp³-hybridized carbons (Fsp3) is 0.286. The van der Waals surface area contributed by atoms with Gasteiger partial charge < -0.3 is 10.4 Å². The lowest BCUT2D eigenvalue weighted by atomic mass is 10.1. The molecular weight excluding hydrogens is 244 g/mol. The minimum atomic E-state index is -1.06. The van der Waals surface area contributed by atoms with Gasteiger partial charge in [-0.3, -0.25) is 10.1 Å². The van der Waals surface area contributed by atoms with E-state index in [9.17, 15) is 9.59 Å². The van der Waals surface area contributed by atoms with E-state index in [-0.39, 0.29) is 19.5 Å². The van der Waals surface area contributed by atoms with E-state index in [1.54, 1.807) is 0 Å². The Hall–Kier alpha value is -2.32. The summed E-state index contributed by atoms with van der Waals surface area (Å²) in [7, 11) is 0. The van der Waals surface area contributed by atoms with Crippen LogP contribution in [0.2, 0.25) is 0 Å². The van der Waals surface area contributed by atoms with Crippen LogP contribution in [0.15, 0.2) is 30.3 Å². The molecule has 0 fully saturated rings. The van der Waals surface area contributed by atoms with Crippen molar-refractivity contribution in [3.63, 3.8) is 0 Å². The standard InChI is InChI=1S/C14H16N2O3/c1-2-8-15-10-13(17)16-12(14(18)19)9-11-6-4-3-5-7-11/h1,3-7,12,15H,8-10H2,(H,16,17)(H,18,19)/t12-/m0/s1. The van der Waals surface area contributed by atoms with Crippen LogP contribution in [0.3, 0.4) is 0 Å². The monoisotopic (exact) mass is 260 g/mol. The van der Waals surface area contributed by atoms with Crippen molar-refractivity contribution in [1.29, 1.82) is 0 Å². The van der Waals surface area contributed by atoms with Crippen LogP contribution in [0.4, 0.5) is 0 Å². The average Bonchev–Trinajstić information content (AvgIpc) is 2.39. The van der Waals surface area contributed by atoms with Gasteiger partial charge in [0.1, 0.15) is 6.04 Å². The number of benzene rings is 1. The number of hydrogen-bond donors (Lipinski definition) is 3. The quantitative estimate of drug-likeness (QED) is 0.477. The van der Waals surface area contributed by atoms with Gasteiger partial charge in [-0.2, -0.15) is 0 Å². The van der Waals surface area contributed by atoms with Crippen molar-refractivity contribution in [3.8, 4) is 12.3 Å². The Balaban J connectivity index is 2.52. The Morgan fingerprint density at radius 3 is 2.58 bits per heavy atom. The molecule has 0 aliphatic carbocycles. The fourth-order valence-electron chi connectivity index (χ4n) is 1.54. The molecule has 0 spiro atoms. The van der Waals surface area contributed by atoms with Crippen LogP contribution in [-0.2, 0) is 16.0 Å². The third kappa shape index (κ3) is 5.70. The molecule has 0 heterocycles. The lowest BCUT2D eigenvalue weighted by molar-refractivity contribution is -0.141. The maximum Gasteiger partial charge on any atom is 0.326 e. The molecule has 5 heteroatoms. The summed E-state index contributed by atoms with van der Waals surface area (Å²) >= 11 is 0. The molecule has 0 unspecified atom stereocenters. The third-order valence-electron chi connectivity index (χ3n) is 2.43. The summed E-state index contributed by atoms with van der Waals surface area (Å²) in [6.45, 7) is 0.270. The molecule has 1 amide bonds. The summed E-state index contributed by atoms with van der Waals surface area (Å²) < 4.78 is 0. The van der Waals surface area contributed by atoms with Crippen LogP contribution in [-0.4, -0.2) is 36.1 Å². The van der Waals surface area contributed by atoms with Gasteiger partial charge in [-0.25, -0.2) is 4.79 Å². The SMILES string of the molecule is C#CCNCC(=O)N[C@@H](Cc1ccccc1)C(=O)O. The number of aliphatic carboxylic acids is 1. The number of rotatable bonds is 7. The van der Waals surface area contributed by atoms with Crippen LogP contribution < -0.4 is 10.6 Å². The predicted octanol–water partition coefficient (Wildman–Crippen LogP) is 0.0213. The first kappa shape index (κ1) is 14.7. The van der Waals surface area contributed by atoms with Crippen molar-refractivity contribution < 1.29 is 14.7 Å². The molecule has 0 bridgehead atoms. The van der Waals surface area contributed by atoms with E-state index in [1.165, 1.54) is 0 Å². The van der Waals surface area contributed by atoms with Gasteiger partial charge in [0.2, 0.25) is 5.91 Å². The molecule has 3 N–H and O–H groups in total. The second-order valence-electron chi connectivity index (χ2n) is 3.96. The lowest BCUT2D eigenvalue weighted by Crippen LogP contribution is -2.45. The molecule has 100 valence electrons. The van der Waals surface area contributed by atoms with E-state index in [0.717, 1.165) is 5.56 Å². The summed E-state index contributed by atoms with van der Waals surface area (Å²) in [5, 5.41) is 14.2. The highest BCUT2D eigenvalue weighted by Crippen LogP contribution is 2.03. The first-order valence-electron chi connectivity index (χ1n) is 5.83. The normalized spacial score (nSPS) is 11.3. The molecule has 0 aliphatic heterocycles. The molecule has 1 rings (SSSR count). The molecule has 0 saturated carbocycles. The average molecular weight is 260 g/mol. The Kier molecular flexibility index (Phi) is 6.13. The van der Waals surface area contributed by atoms with E-state index in [4.69, 9.17) is 11.5 Å². The second kappa shape index (κ2) is 7.90. The summed E-state index contributed by atoms with van der Waals surface area (Å²) in [4.78, 5) is 22.6. The van der Waals surface area contributed by atoms with Crippen molar-refractivity contribution in [2.75, 3.05) is 13.1 Å². The lowest BCUT2D eigenvalue weighted by Gasteiger charge is -2.14. The molecule has 0 aromatic heterocycles. The highest BCUT2D eigenvalue weighted by atomic mass is 16.4. The fourth-order valence-corrected chi connectivity index (χ4v) is 1.54. The Morgan fingerprint density at radius 2 is 2.00 bits per heavy atom. The molecule has 1 aromatic carbocycles. The topological polar surface area (TPSA) is 78.4 Å². The highest BCUT2D eigenvalue weighted by Gasteiger charge is 2.19. The molecule has 19 heavy (non-hydrogen) atoms. The van der Waals surface area contributed by atoms with E-state index in [0.29, 0.717) is 0 Å². The predicted molar refractivity (Wildman–Crippen MR) is 71.4 cm³/mol. The first-order chi connectivity index (χ1) is 9.13. The molecule has 0 saturated heterocycles. The van der Waals surface area contributed by atoms with Gasteiger partial charge in [0, 0.05) is 6.42 Å². The van der Waals surface area contributed by atoms with E-state index in [2.05, 4.69) is 16.6 Å².